The van der Waals surface area contributed by atoms with E-state index >= 15 is 0 Å². The maximum Gasteiger partial charge on any atom is 0.330 e. The molecule has 0 amide bonds. The third-order valence-electron chi connectivity index (χ3n) is 2.36. The van der Waals surface area contributed by atoms with E-state index in [1.807, 2.05) is 0 Å². The predicted octanol–water partition coefficient (Wildman–Crippen LogP) is 2.26. The number of alkyl halides is 4. The van der Waals surface area contributed by atoms with Gasteiger partial charge < -0.3 is 9.84 Å². The van der Waals surface area contributed by atoms with Gasteiger partial charge in [0, 0.05) is 17.5 Å². The molecule has 0 aliphatic carbocycles. The SMILES string of the molecule is Cc1nc(COCC(F)(F)C(F)F)ncc1[C@@H](C)O. The zero-order valence-electron chi connectivity index (χ0n) is 10.4. The number of nitrogens with zero attached hydrogens (tertiary/aromatic N) is 2. The van der Waals surface area contributed by atoms with Crippen LogP contribution in [-0.2, 0) is 11.3 Å². The lowest BCUT2D eigenvalue weighted by atomic mass is 10.1. The summed E-state index contributed by atoms with van der Waals surface area (Å²) in [6.07, 6.45) is -3.18. The van der Waals surface area contributed by atoms with E-state index < -0.39 is 31.7 Å². The van der Waals surface area contributed by atoms with E-state index in [-0.39, 0.29) is 5.82 Å². The van der Waals surface area contributed by atoms with E-state index in [1.54, 1.807) is 6.92 Å². The predicted molar refractivity (Wildman–Crippen MR) is 58.0 cm³/mol. The number of aromatic nitrogens is 2. The number of halogens is 4. The zero-order valence-corrected chi connectivity index (χ0v) is 10.4. The number of rotatable bonds is 6. The first kappa shape index (κ1) is 15.8. The van der Waals surface area contributed by atoms with Crippen molar-refractivity contribution >= 4 is 0 Å². The molecule has 108 valence electrons. The molecule has 0 saturated heterocycles. The summed E-state index contributed by atoms with van der Waals surface area (Å²) in [4.78, 5) is 7.73. The molecule has 0 unspecified atom stereocenters. The highest BCUT2D eigenvalue weighted by molar-refractivity contribution is 5.18. The van der Waals surface area contributed by atoms with E-state index in [4.69, 9.17) is 0 Å². The minimum absolute atomic E-state index is 0.0898. The first-order chi connectivity index (χ1) is 8.74. The van der Waals surface area contributed by atoms with Crippen molar-refractivity contribution in [3.8, 4) is 0 Å². The Bertz CT molecular complexity index is 427. The summed E-state index contributed by atoms with van der Waals surface area (Å²) >= 11 is 0. The van der Waals surface area contributed by atoms with Crippen molar-refractivity contribution < 1.29 is 27.4 Å². The average Bonchev–Trinajstić information content (AvgIpc) is 2.28. The molecule has 1 atom stereocenters. The number of hydrogen-bond acceptors (Lipinski definition) is 4. The van der Waals surface area contributed by atoms with Gasteiger partial charge in [-0.25, -0.2) is 18.7 Å². The standard InChI is InChI=1S/C11H14F4N2O2/c1-6-8(7(2)18)3-16-9(17-6)4-19-5-11(14,15)10(12)13/h3,7,10,18H,4-5H2,1-2H3/t7-/m1/s1. The van der Waals surface area contributed by atoms with Crippen molar-refractivity contribution in [2.24, 2.45) is 0 Å². The second-order valence-corrected chi connectivity index (χ2v) is 4.06. The molecule has 0 aromatic carbocycles. The number of ether oxygens (including phenoxy) is 1. The Hall–Kier alpha value is -1.28. The van der Waals surface area contributed by atoms with Gasteiger partial charge in [-0.15, -0.1) is 0 Å². The van der Waals surface area contributed by atoms with Crippen molar-refractivity contribution in [1.82, 2.24) is 9.97 Å². The van der Waals surface area contributed by atoms with Crippen LogP contribution in [0, 0.1) is 6.92 Å². The largest absolute Gasteiger partial charge is 0.389 e. The lowest BCUT2D eigenvalue weighted by Crippen LogP contribution is -2.32. The first-order valence-corrected chi connectivity index (χ1v) is 5.48. The fraction of sp³-hybridized carbons (Fsp3) is 0.636. The number of hydrogen-bond donors (Lipinski definition) is 1. The van der Waals surface area contributed by atoms with Gasteiger partial charge in [0.25, 0.3) is 0 Å². The van der Waals surface area contributed by atoms with Crippen LogP contribution in [0.25, 0.3) is 0 Å². The highest BCUT2D eigenvalue weighted by Gasteiger charge is 2.40. The molecule has 0 fully saturated rings. The van der Waals surface area contributed by atoms with Gasteiger partial charge in [0.15, 0.2) is 5.82 Å². The Morgan fingerprint density at radius 3 is 2.53 bits per heavy atom. The van der Waals surface area contributed by atoms with Crippen molar-refractivity contribution in [3.05, 3.63) is 23.3 Å². The van der Waals surface area contributed by atoms with Crippen LogP contribution in [-0.4, -0.2) is 34.0 Å². The van der Waals surface area contributed by atoms with Gasteiger partial charge in [-0.05, 0) is 13.8 Å². The topological polar surface area (TPSA) is 55.2 Å². The highest BCUT2D eigenvalue weighted by atomic mass is 19.3. The lowest BCUT2D eigenvalue weighted by molar-refractivity contribution is -0.168. The van der Waals surface area contributed by atoms with Crippen molar-refractivity contribution in [2.45, 2.75) is 38.9 Å². The van der Waals surface area contributed by atoms with Gasteiger partial charge in [-0.2, -0.15) is 8.78 Å². The summed E-state index contributed by atoms with van der Waals surface area (Å²) in [6.45, 7) is 1.35. The smallest absolute Gasteiger partial charge is 0.330 e. The Morgan fingerprint density at radius 1 is 1.42 bits per heavy atom. The zero-order chi connectivity index (χ0) is 14.6. The van der Waals surface area contributed by atoms with Crippen LogP contribution in [0.15, 0.2) is 6.20 Å². The molecule has 0 bridgehead atoms. The van der Waals surface area contributed by atoms with Crippen LogP contribution in [0.3, 0.4) is 0 Å². The molecular formula is C11H14F4N2O2. The lowest BCUT2D eigenvalue weighted by Gasteiger charge is -2.15. The van der Waals surface area contributed by atoms with Crippen LogP contribution in [0.4, 0.5) is 17.6 Å². The first-order valence-electron chi connectivity index (χ1n) is 5.48. The monoisotopic (exact) mass is 282 g/mol. The van der Waals surface area contributed by atoms with Gasteiger partial charge in [-0.3, -0.25) is 0 Å². The van der Waals surface area contributed by atoms with Gasteiger partial charge in [0.2, 0.25) is 0 Å². The molecule has 19 heavy (non-hydrogen) atoms. The number of aryl methyl sites for hydroxylation is 1. The average molecular weight is 282 g/mol. The van der Waals surface area contributed by atoms with Gasteiger partial charge in [0.05, 0.1) is 6.10 Å². The van der Waals surface area contributed by atoms with Crippen LogP contribution < -0.4 is 0 Å². The van der Waals surface area contributed by atoms with Crippen molar-refractivity contribution in [2.75, 3.05) is 6.61 Å². The molecule has 0 saturated carbocycles. The molecule has 1 heterocycles. The molecule has 0 radical (unpaired) electrons. The Morgan fingerprint density at radius 2 is 2.05 bits per heavy atom. The molecule has 0 aliphatic rings. The third-order valence-corrected chi connectivity index (χ3v) is 2.36. The second kappa shape index (κ2) is 6.25. The Balaban J connectivity index is 2.58. The minimum atomic E-state index is -4.19. The highest BCUT2D eigenvalue weighted by Crippen LogP contribution is 2.23. The van der Waals surface area contributed by atoms with Gasteiger partial charge >= 0.3 is 12.3 Å². The van der Waals surface area contributed by atoms with Crippen LogP contribution in [0.5, 0.6) is 0 Å². The van der Waals surface area contributed by atoms with Crippen molar-refractivity contribution in [3.63, 3.8) is 0 Å². The van der Waals surface area contributed by atoms with Gasteiger partial charge in [0.1, 0.15) is 13.2 Å². The molecule has 1 rings (SSSR count). The van der Waals surface area contributed by atoms with Crippen LogP contribution in [0.2, 0.25) is 0 Å². The summed E-state index contributed by atoms with van der Waals surface area (Å²) in [5.74, 6) is -4.10. The Kier molecular flexibility index (Phi) is 5.19. The molecule has 8 heteroatoms. The minimum Gasteiger partial charge on any atom is -0.389 e. The second-order valence-electron chi connectivity index (χ2n) is 4.06. The van der Waals surface area contributed by atoms with Crippen molar-refractivity contribution in [1.29, 1.82) is 0 Å². The fourth-order valence-corrected chi connectivity index (χ4v) is 1.35. The van der Waals surface area contributed by atoms with E-state index in [1.165, 1.54) is 13.1 Å². The number of aliphatic hydroxyl groups is 1. The molecule has 4 nitrogen and oxygen atoms in total. The Labute approximate surface area is 107 Å². The van der Waals surface area contributed by atoms with E-state index in [2.05, 4.69) is 14.7 Å². The quantitative estimate of drug-likeness (QED) is 0.813. The number of aliphatic hydroxyl groups excluding tert-OH is 1. The van der Waals surface area contributed by atoms with Crippen LogP contribution >= 0.6 is 0 Å². The normalized spacial score (nSPS) is 13.9. The van der Waals surface area contributed by atoms with E-state index in [0.29, 0.717) is 11.3 Å². The van der Waals surface area contributed by atoms with Crippen LogP contribution in [0.1, 0.15) is 30.1 Å². The van der Waals surface area contributed by atoms with E-state index in [9.17, 15) is 22.7 Å². The third kappa shape index (κ3) is 4.39. The summed E-state index contributed by atoms with van der Waals surface area (Å²) in [6, 6.07) is 0. The molecule has 0 aliphatic heterocycles. The summed E-state index contributed by atoms with van der Waals surface area (Å²) in [5.41, 5.74) is 0.978. The molecule has 0 spiro atoms. The summed E-state index contributed by atoms with van der Waals surface area (Å²) < 4.78 is 53.3. The van der Waals surface area contributed by atoms with E-state index in [0.717, 1.165) is 0 Å². The molecular weight excluding hydrogens is 268 g/mol. The fourth-order valence-electron chi connectivity index (χ4n) is 1.35. The molecule has 1 aromatic heterocycles. The maximum absolute atomic E-state index is 12.5. The molecule has 1 N–H and O–H groups in total. The van der Waals surface area contributed by atoms with Gasteiger partial charge in [-0.1, -0.05) is 0 Å². The molecule has 1 aromatic rings. The maximum atomic E-state index is 12.5. The summed E-state index contributed by atoms with van der Waals surface area (Å²) in [5, 5.41) is 9.35. The summed E-state index contributed by atoms with van der Waals surface area (Å²) in [7, 11) is 0.